The van der Waals surface area contributed by atoms with Crippen LogP contribution >= 0.6 is 0 Å². The fourth-order valence-corrected chi connectivity index (χ4v) is 1.29. The maximum Gasteiger partial charge on any atom is 0.155 e. The van der Waals surface area contributed by atoms with Crippen molar-refractivity contribution in [3.8, 4) is 0 Å². The van der Waals surface area contributed by atoms with Crippen molar-refractivity contribution in [2.75, 3.05) is 0 Å². The van der Waals surface area contributed by atoms with Gasteiger partial charge >= 0.3 is 0 Å². The van der Waals surface area contributed by atoms with E-state index in [0.29, 0.717) is 6.42 Å². The second-order valence-corrected chi connectivity index (χ2v) is 3.41. The number of hydrogen-bond donors (Lipinski definition) is 0. The second kappa shape index (κ2) is 5.38. The Labute approximate surface area is 85.5 Å². The highest BCUT2D eigenvalue weighted by Gasteiger charge is 1.94. The minimum Gasteiger partial charge on any atom is -0.295 e. The smallest absolute Gasteiger partial charge is 0.155 e. The number of rotatable bonds is 4. The lowest BCUT2D eigenvalue weighted by Crippen LogP contribution is -1.90. The van der Waals surface area contributed by atoms with Crippen molar-refractivity contribution in [3.05, 3.63) is 41.5 Å². The lowest BCUT2D eigenvalue weighted by atomic mass is 10.1. The Kier molecular flexibility index (Phi) is 4.11. The summed E-state index contributed by atoms with van der Waals surface area (Å²) in [5, 5.41) is 0. The fourth-order valence-electron chi connectivity index (χ4n) is 1.29. The van der Waals surface area contributed by atoms with Crippen molar-refractivity contribution in [1.29, 1.82) is 0 Å². The molecule has 14 heavy (non-hydrogen) atoms. The molecule has 1 nitrogen and oxygen atoms in total. The summed E-state index contributed by atoms with van der Waals surface area (Å²) in [4.78, 5) is 11.2. The van der Waals surface area contributed by atoms with Gasteiger partial charge in [-0.3, -0.25) is 4.79 Å². The van der Waals surface area contributed by atoms with Gasteiger partial charge in [0.15, 0.2) is 5.78 Å². The number of carbonyl (C=O) groups excluding carboxylic acids is 1. The monoisotopic (exact) mass is 188 g/mol. The van der Waals surface area contributed by atoms with E-state index < -0.39 is 0 Å². The van der Waals surface area contributed by atoms with Crippen LogP contribution in [0.15, 0.2) is 30.3 Å². The first-order valence-corrected chi connectivity index (χ1v) is 5.00. The van der Waals surface area contributed by atoms with E-state index in [0.717, 1.165) is 12.0 Å². The molecular weight excluding hydrogens is 172 g/mol. The van der Waals surface area contributed by atoms with Gasteiger partial charge in [-0.2, -0.15) is 0 Å². The van der Waals surface area contributed by atoms with Gasteiger partial charge in [0.1, 0.15) is 0 Å². The quantitative estimate of drug-likeness (QED) is 0.662. The first-order chi connectivity index (χ1) is 6.74. The summed E-state index contributed by atoms with van der Waals surface area (Å²) in [6.07, 6.45) is 5.12. The summed E-state index contributed by atoms with van der Waals surface area (Å²) in [6.45, 7) is 4.06. The molecule has 0 unspecified atom stereocenters. The van der Waals surface area contributed by atoms with Gasteiger partial charge in [0.25, 0.3) is 0 Å². The summed E-state index contributed by atoms with van der Waals surface area (Å²) < 4.78 is 0. The summed E-state index contributed by atoms with van der Waals surface area (Å²) in [7, 11) is 0. The largest absolute Gasteiger partial charge is 0.295 e. The van der Waals surface area contributed by atoms with Crippen molar-refractivity contribution in [2.24, 2.45) is 0 Å². The van der Waals surface area contributed by atoms with Gasteiger partial charge in [0, 0.05) is 6.42 Å². The molecule has 1 heteroatoms. The van der Waals surface area contributed by atoms with Crippen molar-refractivity contribution in [3.63, 3.8) is 0 Å². The number of benzene rings is 1. The molecule has 0 aliphatic rings. The molecule has 1 aromatic carbocycles. The summed E-state index contributed by atoms with van der Waals surface area (Å²) >= 11 is 0. The first kappa shape index (κ1) is 10.7. The maximum atomic E-state index is 11.2. The molecule has 0 aliphatic carbocycles. The van der Waals surface area contributed by atoms with E-state index in [1.807, 2.05) is 44.2 Å². The molecule has 0 aromatic heterocycles. The highest BCUT2D eigenvalue weighted by molar-refractivity contribution is 5.93. The molecule has 0 bridgehead atoms. The zero-order chi connectivity index (χ0) is 10.4. The van der Waals surface area contributed by atoms with Crippen LogP contribution < -0.4 is 0 Å². The van der Waals surface area contributed by atoms with Gasteiger partial charge in [0.2, 0.25) is 0 Å². The van der Waals surface area contributed by atoms with Crippen LogP contribution in [-0.4, -0.2) is 5.78 Å². The SMILES string of the molecule is CCCC(=O)/C=C/c1ccccc1C. The molecule has 0 saturated carbocycles. The zero-order valence-corrected chi connectivity index (χ0v) is 8.79. The van der Waals surface area contributed by atoms with E-state index in [1.54, 1.807) is 6.08 Å². The third kappa shape index (κ3) is 3.17. The Morgan fingerprint density at radius 2 is 2.07 bits per heavy atom. The third-order valence-electron chi connectivity index (χ3n) is 2.13. The van der Waals surface area contributed by atoms with Crippen molar-refractivity contribution < 1.29 is 4.79 Å². The van der Waals surface area contributed by atoms with Gasteiger partial charge in [-0.1, -0.05) is 37.3 Å². The van der Waals surface area contributed by atoms with Crippen LogP contribution in [0, 0.1) is 6.92 Å². The summed E-state index contributed by atoms with van der Waals surface area (Å²) in [5.74, 6) is 0.204. The van der Waals surface area contributed by atoms with E-state index in [-0.39, 0.29) is 5.78 Å². The van der Waals surface area contributed by atoms with Gasteiger partial charge in [-0.15, -0.1) is 0 Å². The zero-order valence-electron chi connectivity index (χ0n) is 8.79. The number of aryl methyl sites for hydroxylation is 1. The predicted octanol–water partition coefficient (Wildman–Crippen LogP) is 3.38. The van der Waals surface area contributed by atoms with Gasteiger partial charge in [-0.25, -0.2) is 0 Å². The van der Waals surface area contributed by atoms with Crippen molar-refractivity contribution >= 4 is 11.9 Å². The van der Waals surface area contributed by atoms with Gasteiger partial charge in [-0.05, 0) is 30.5 Å². The number of ketones is 1. The van der Waals surface area contributed by atoms with Crippen LogP contribution in [0.1, 0.15) is 30.9 Å². The molecule has 0 heterocycles. The Hall–Kier alpha value is -1.37. The topological polar surface area (TPSA) is 17.1 Å². The van der Waals surface area contributed by atoms with Crippen molar-refractivity contribution in [2.45, 2.75) is 26.7 Å². The van der Waals surface area contributed by atoms with Crippen LogP contribution in [0.4, 0.5) is 0 Å². The minimum atomic E-state index is 0.204. The average molecular weight is 188 g/mol. The van der Waals surface area contributed by atoms with E-state index in [1.165, 1.54) is 5.56 Å². The molecule has 1 aromatic rings. The molecule has 1 rings (SSSR count). The molecule has 0 fully saturated rings. The molecule has 0 radical (unpaired) electrons. The highest BCUT2D eigenvalue weighted by Crippen LogP contribution is 2.09. The molecule has 0 saturated heterocycles. The number of allylic oxidation sites excluding steroid dienone is 1. The lowest BCUT2D eigenvalue weighted by Gasteiger charge is -1.97. The molecular formula is C13H16O. The van der Waals surface area contributed by atoms with E-state index in [9.17, 15) is 4.79 Å². The lowest BCUT2D eigenvalue weighted by molar-refractivity contribution is -0.114. The Morgan fingerprint density at radius 1 is 1.36 bits per heavy atom. The van der Waals surface area contributed by atoms with E-state index >= 15 is 0 Å². The minimum absolute atomic E-state index is 0.204. The van der Waals surface area contributed by atoms with Crippen LogP contribution in [0.2, 0.25) is 0 Å². The van der Waals surface area contributed by atoms with Crippen molar-refractivity contribution in [1.82, 2.24) is 0 Å². The molecule has 74 valence electrons. The Morgan fingerprint density at radius 3 is 2.71 bits per heavy atom. The number of hydrogen-bond acceptors (Lipinski definition) is 1. The van der Waals surface area contributed by atoms with E-state index in [4.69, 9.17) is 0 Å². The van der Waals surface area contributed by atoms with Gasteiger partial charge in [0.05, 0.1) is 0 Å². The Bertz CT molecular complexity index is 337. The molecule has 0 atom stereocenters. The van der Waals surface area contributed by atoms with Crippen LogP contribution in [0.5, 0.6) is 0 Å². The average Bonchev–Trinajstić information content (AvgIpc) is 2.17. The van der Waals surface area contributed by atoms with Crippen LogP contribution in [0.3, 0.4) is 0 Å². The molecule has 0 N–H and O–H groups in total. The second-order valence-electron chi connectivity index (χ2n) is 3.41. The first-order valence-electron chi connectivity index (χ1n) is 5.00. The van der Waals surface area contributed by atoms with Crippen LogP contribution in [0.25, 0.3) is 6.08 Å². The maximum absolute atomic E-state index is 11.2. The summed E-state index contributed by atoms with van der Waals surface area (Å²) in [6, 6.07) is 8.05. The standard InChI is InChI=1S/C13H16O/c1-3-6-13(14)10-9-12-8-5-4-7-11(12)2/h4-5,7-10H,3,6H2,1-2H3/b10-9+. The normalized spacial score (nSPS) is 10.7. The molecule has 0 aliphatic heterocycles. The third-order valence-corrected chi connectivity index (χ3v) is 2.13. The molecule has 0 spiro atoms. The molecule has 0 amide bonds. The predicted molar refractivity (Wildman–Crippen MR) is 60.1 cm³/mol. The number of carbonyl (C=O) groups is 1. The summed E-state index contributed by atoms with van der Waals surface area (Å²) in [5.41, 5.74) is 2.32. The highest BCUT2D eigenvalue weighted by atomic mass is 16.1. The van der Waals surface area contributed by atoms with Gasteiger partial charge < -0.3 is 0 Å². The fraction of sp³-hybridized carbons (Fsp3) is 0.308. The van der Waals surface area contributed by atoms with E-state index in [2.05, 4.69) is 0 Å². The Balaban J connectivity index is 2.69. The van der Waals surface area contributed by atoms with Crippen LogP contribution in [-0.2, 0) is 4.79 Å².